The van der Waals surface area contributed by atoms with Gasteiger partial charge in [-0.15, -0.1) is 0 Å². The summed E-state index contributed by atoms with van der Waals surface area (Å²) in [5.74, 6) is -2.83. The Bertz CT molecular complexity index is 714. The maximum absolute atomic E-state index is 13.4. The number of carboxylic acid groups (broad SMARTS) is 1. The lowest BCUT2D eigenvalue weighted by molar-refractivity contribution is -0.137. The predicted molar refractivity (Wildman–Crippen MR) is 79.0 cm³/mol. The highest BCUT2D eigenvalue weighted by molar-refractivity contribution is 7.89. The molecule has 128 valence electrons. The summed E-state index contributed by atoms with van der Waals surface area (Å²) in [5, 5.41) is 8.69. The molecule has 1 aromatic carbocycles. The van der Waals surface area contributed by atoms with E-state index in [9.17, 15) is 22.4 Å². The lowest BCUT2D eigenvalue weighted by Gasteiger charge is -2.25. The SMILES string of the molecule is COC(=O)c1ccc(F)cc1S(=O)(=O)NC(C)(C)CCC(=O)O. The van der Waals surface area contributed by atoms with Crippen LogP contribution in [-0.4, -0.2) is 38.1 Å². The second-order valence-corrected chi connectivity index (χ2v) is 7.17. The number of carbonyl (C=O) groups excluding carboxylic acids is 1. The number of sulfonamides is 1. The standard InChI is InChI=1S/C14H18FNO6S/c1-14(2,7-6-12(17)18)16-23(20,21)11-8-9(15)4-5-10(11)13(19)22-3/h4-5,8,16H,6-7H2,1-3H3,(H,17,18). The summed E-state index contributed by atoms with van der Waals surface area (Å²) in [4.78, 5) is 21.7. The van der Waals surface area contributed by atoms with Crippen molar-refractivity contribution in [2.45, 2.75) is 37.1 Å². The van der Waals surface area contributed by atoms with Crippen molar-refractivity contribution in [3.63, 3.8) is 0 Å². The number of methoxy groups -OCH3 is 1. The van der Waals surface area contributed by atoms with Crippen LogP contribution in [0.3, 0.4) is 0 Å². The van der Waals surface area contributed by atoms with Gasteiger partial charge in [0.2, 0.25) is 10.0 Å². The van der Waals surface area contributed by atoms with Crippen LogP contribution in [-0.2, 0) is 19.6 Å². The zero-order valence-corrected chi connectivity index (χ0v) is 13.7. The van der Waals surface area contributed by atoms with Gasteiger partial charge in [-0.2, -0.15) is 0 Å². The van der Waals surface area contributed by atoms with Gasteiger partial charge in [-0.1, -0.05) is 0 Å². The lowest BCUT2D eigenvalue weighted by atomic mass is 10.0. The van der Waals surface area contributed by atoms with Gasteiger partial charge < -0.3 is 9.84 Å². The molecule has 0 unspecified atom stereocenters. The molecule has 0 aliphatic rings. The molecule has 0 amide bonds. The smallest absolute Gasteiger partial charge is 0.339 e. The Morgan fingerprint density at radius 1 is 1.35 bits per heavy atom. The lowest BCUT2D eigenvalue weighted by Crippen LogP contribution is -2.44. The minimum atomic E-state index is -4.26. The van der Waals surface area contributed by atoms with E-state index in [1.807, 2.05) is 0 Å². The van der Waals surface area contributed by atoms with Gasteiger partial charge in [-0.05, 0) is 38.5 Å². The van der Waals surface area contributed by atoms with Gasteiger partial charge >= 0.3 is 11.9 Å². The second kappa shape index (κ2) is 7.05. The molecule has 1 aromatic rings. The van der Waals surface area contributed by atoms with Crippen molar-refractivity contribution >= 4 is 22.0 Å². The molecule has 1 rings (SSSR count). The van der Waals surface area contributed by atoms with Gasteiger partial charge in [0, 0.05) is 12.0 Å². The number of hydrogen-bond donors (Lipinski definition) is 2. The molecule has 0 radical (unpaired) electrons. The van der Waals surface area contributed by atoms with Crippen molar-refractivity contribution < 1.29 is 32.2 Å². The molecule has 0 heterocycles. The van der Waals surface area contributed by atoms with Crippen LogP contribution in [0.1, 0.15) is 37.0 Å². The molecule has 0 aliphatic carbocycles. The Hall–Kier alpha value is -2.00. The van der Waals surface area contributed by atoms with Crippen molar-refractivity contribution in [2.75, 3.05) is 7.11 Å². The van der Waals surface area contributed by atoms with E-state index in [4.69, 9.17) is 5.11 Å². The van der Waals surface area contributed by atoms with Crippen LogP contribution in [0.25, 0.3) is 0 Å². The molecule has 0 aromatic heterocycles. The van der Waals surface area contributed by atoms with Crippen LogP contribution in [0.4, 0.5) is 4.39 Å². The zero-order valence-electron chi connectivity index (χ0n) is 12.9. The number of ether oxygens (including phenoxy) is 1. The summed E-state index contributed by atoms with van der Waals surface area (Å²) in [6.07, 6.45) is -0.229. The number of nitrogens with one attached hydrogen (secondary N) is 1. The molecule has 0 fully saturated rings. The summed E-state index contributed by atoms with van der Waals surface area (Å²) in [5.41, 5.74) is -1.41. The fourth-order valence-corrected chi connectivity index (χ4v) is 3.53. The topological polar surface area (TPSA) is 110 Å². The second-order valence-electron chi connectivity index (χ2n) is 5.52. The fraction of sp³-hybridized carbons (Fsp3) is 0.429. The number of halogens is 1. The first-order chi connectivity index (χ1) is 10.5. The average Bonchev–Trinajstić information content (AvgIpc) is 2.43. The maximum atomic E-state index is 13.4. The van der Waals surface area contributed by atoms with Crippen LogP contribution < -0.4 is 4.72 Å². The molecule has 0 spiro atoms. The summed E-state index contributed by atoms with van der Waals surface area (Å²) >= 11 is 0. The van der Waals surface area contributed by atoms with E-state index < -0.39 is 38.2 Å². The Morgan fingerprint density at radius 2 is 1.96 bits per heavy atom. The van der Waals surface area contributed by atoms with Gasteiger partial charge in [0.05, 0.1) is 17.6 Å². The third-order valence-electron chi connectivity index (χ3n) is 3.01. The van der Waals surface area contributed by atoms with E-state index in [1.165, 1.54) is 13.8 Å². The van der Waals surface area contributed by atoms with Crippen molar-refractivity contribution in [3.8, 4) is 0 Å². The predicted octanol–water partition coefficient (Wildman–Crippen LogP) is 1.53. The van der Waals surface area contributed by atoms with Crippen molar-refractivity contribution in [2.24, 2.45) is 0 Å². The minimum Gasteiger partial charge on any atom is -0.481 e. The van der Waals surface area contributed by atoms with E-state index in [2.05, 4.69) is 9.46 Å². The number of aliphatic carboxylic acids is 1. The molecule has 0 atom stereocenters. The van der Waals surface area contributed by atoms with Gasteiger partial charge in [-0.3, -0.25) is 4.79 Å². The number of rotatable bonds is 7. The summed E-state index contributed by atoms with van der Waals surface area (Å²) < 4.78 is 45.1. The average molecular weight is 347 g/mol. The number of esters is 1. The Morgan fingerprint density at radius 3 is 2.48 bits per heavy atom. The molecule has 9 heteroatoms. The Kier molecular flexibility index (Phi) is 5.84. The molecule has 7 nitrogen and oxygen atoms in total. The largest absolute Gasteiger partial charge is 0.481 e. The van der Waals surface area contributed by atoms with Crippen LogP contribution in [0.2, 0.25) is 0 Å². The number of hydrogen-bond acceptors (Lipinski definition) is 5. The fourth-order valence-electron chi connectivity index (χ4n) is 1.89. The van der Waals surface area contributed by atoms with Crippen LogP contribution >= 0.6 is 0 Å². The van der Waals surface area contributed by atoms with Gasteiger partial charge in [0.1, 0.15) is 5.82 Å². The number of carbonyl (C=O) groups is 2. The zero-order chi connectivity index (χ0) is 17.8. The molecule has 2 N–H and O–H groups in total. The van der Waals surface area contributed by atoms with E-state index in [1.54, 1.807) is 0 Å². The van der Waals surface area contributed by atoms with E-state index in [0.29, 0.717) is 6.07 Å². The van der Waals surface area contributed by atoms with Crippen molar-refractivity contribution in [3.05, 3.63) is 29.6 Å². The van der Waals surface area contributed by atoms with Crippen LogP contribution in [0.5, 0.6) is 0 Å². The molecule has 0 saturated carbocycles. The normalized spacial score (nSPS) is 12.0. The Labute approximate surface area is 133 Å². The molecular formula is C14H18FNO6S. The number of carboxylic acids is 1. The Balaban J connectivity index is 3.20. The highest BCUT2D eigenvalue weighted by Gasteiger charge is 2.30. The summed E-state index contributed by atoms with van der Waals surface area (Å²) in [6, 6.07) is 2.67. The van der Waals surface area contributed by atoms with Gasteiger partial charge in [0.25, 0.3) is 0 Å². The van der Waals surface area contributed by atoms with E-state index >= 15 is 0 Å². The van der Waals surface area contributed by atoms with E-state index in [0.717, 1.165) is 19.2 Å². The third kappa shape index (κ3) is 5.29. The van der Waals surface area contributed by atoms with Crippen molar-refractivity contribution in [1.82, 2.24) is 4.72 Å². The highest BCUT2D eigenvalue weighted by Crippen LogP contribution is 2.22. The molecule has 0 bridgehead atoms. The third-order valence-corrected chi connectivity index (χ3v) is 4.75. The van der Waals surface area contributed by atoms with Gasteiger partial charge in [0.15, 0.2) is 0 Å². The maximum Gasteiger partial charge on any atom is 0.339 e. The summed E-state index contributed by atoms with van der Waals surface area (Å²) in [7, 11) is -3.18. The highest BCUT2D eigenvalue weighted by atomic mass is 32.2. The molecule has 23 heavy (non-hydrogen) atoms. The first kappa shape index (κ1) is 19.0. The molecule has 0 saturated heterocycles. The monoisotopic (exact) mass is 347 g/mol. The first-order valence-corrected chi connectivity index (χ1v) is 8.10. The van der Waals surface area contributed by atoms with E-state index in [-0.39, 0.29) is 18.4 Å². The van der Waals surface area contributed by atoms with Crippen molar-refractivity contribution in [1.29, 1.82) is 0 Å². The first-order valence-electron chi connectivity index (χ1n) is 6.62. The number of benzene rings is 1. The minimum absolute atomic E-state index is 0.0183. The molecule has 0 aliphatic heterocycles. The summed E-state index contributed by atoms with van der Waals surface area (Å²) in [6.45, 7) is 2.98. The van der Waals surface area contributed by atoms with Crippen LogP contribution in [0, 0.1) is 5.82 Å². The molecular weight excluding hydrogens is 329 g/mol. The van der Waals surface area contributed by atoms with Crippen LogP contribution in [0.15, 0.2) is 23.1 Å². The quantitative estimate of drug-likeness (QED) is 0.724. The van der Waals surface area contributed by atoms with Gasteiger partial charge in [-0.25, -0.2) is 22.3 Å².